The van der Waals surface area contributed by atoms with Crippen LogP contribution in [0, 0.1) is 0 Å². The fourth-order valence-corrected chi connectivity index (χ4v) is 1.79. The molecule has 0 unspecified atom stereocenters. The molecule has 1 aromatic heterocycles. The molecule has 0 radical (unpaired) electrons. The van der Waals surface area contributed by atoms with E-state index in [-0.39, 0.29) is 6.61 Å². The van der Waals surface area contributed by atoms with Crippen molar-refractivity contribution in [3.63, 3.8) is 0 Å². The lowest BCUT2D eigenvalue weighted by Crippen LogP contribution is -1.92. The summed E-state index contributed by atoms with van der Waals surface area (Å²) in [7, 11) is 3.59. The zero-order valence-corrected chi connectivity index (χ0v) is 10.1. The third-order valence-electron chi connectivity index (χ3n) is 2.62. The predicted molar refractivity (Wildman–Crippen MR) is 66.0 cm³/mol. The standard InChI is InChI=1S/C13H16N2O2/c1-15-9-11(6-7-16)14-13(15)10-4-3-5-12(8-10)17-2/h3-5,8-9,16H,6-7H2,1-2H3. The van der Waals surface area contributed by atoms with Crippen LogP contribution in [0.15, 0.2) is 30.5 Å². The zero-order chi connectivity index (χ0) is 12.3. The first-order valence-corrected chi connectivity index (χ1v) is 5.52. The highest BCUT2D eigenvalue weighted by Gasteiger charge is 2.08. The van der Waals surface area contributed by atoms with Crippen molar-refractivity contribution in [1.29, 1.82) is 0 Å². The van der Waals surface area contributed by atoms with E-state index >= 15 is 0 Å². The maximum atomic E-state index is 8.90. The summed E-state index contributed by atoms with van der Waals surface area (Å²) in [5, 5.41) is 8.90. The van der Waals surface area contributed by atoms with Crippen LogP contribution in [-0.4, -0.2) is 28.4 Å². The van der Waals surface area contributed by atoms with Gasteiger partial charge in [0.2, 0.25) is 0 Å². The third kappa shape index (κ3) is 2.47. The van der Waals surface area contributed by atoms with Crippen LogP contribution in [-0.2, 0) is 13.5 Å². The Bertz CT molecular complexity index is 506. The summed E-state index contributed by atoms with van der Waals surface area (Å²) in [4.78, 5) is 4.49. The number of aromatic nitrogens is 2. The number of aryl methyl sites for hydroxylation is 1. The van der Waals surface area contributed by atoms with Gasteiger partial charge in [-0.2, -0.15) is 0 Å². The summed E-state index contributed by atoms with van der Waals surface area (Å²) in [5.74, 6) is 1.70. The minimum atomic E-state index is 0.120. The lowest BCUT2D eigenvalue weighted by Gasteiger charge is -2.04. The van der Waals surface area contributed by atoms with Crippen LogP contribution >= 0.6 is 0 Å². The van der Waals surface area contributed by atoms with Gasteiger partial charge < -0.3 is 14.4 Å². The number of nitrogens with zero attached hydrogens (tertiary/aromatic N) is 2. The Labute approximate surface area is 100 Å². The molecule has 17 heavy (non-hydrogen) atoms. The summed E-state index contributed by atoms with van der Waals surface area (Å²) in [5.41, 5.74) is 1.91. The summed E-state index contributed by atoms with van der Waals surface area (Å²) in [6.45, 7) is 0.120. The number of aliphatic hydroxyl groups is 1. The van der Waals surface area contributed by atoms with Gasteiger partial charge in [0.05, 0.1) is 12.8 Å². The number of hydrogen-bond acceptors (Lipinski definition) is 3. The van der Waals surface area contributed by atoms with Gasteiger partial charge in [-0.1, -0.05) is 12.1 Å². The molecular formula is C13H16N2O2. The minimum Gasteiger partial charge on any atom is -0.497 e. The smallest absolute Gasteiger partial charge is 0.140 e. The third-order valence-corrected chi connectivity index (χ3v) is 2.62. The second kappa shape index (κ2) is 5.01. The number of rotatable bonds is 4. The Morgan fingerprint density at radius 2 is 2.24 bits per heavy atom. The minimum absolute atomic E-state index is 0.120. The highest BCUT2D eigenvalue weighted by Crippen LogP contribution is 2.22. The fourth-order valence-electron chi connectivity index (χ4n) is 1.79. The van der Waals surface area contributed by atoms with Crippen LogP contribution in [0.5, 0.6) is 5.75 Å². The van der Waals surface area contributed by atoms with Gasteiger partial charge >= 0.3 is 0 Å². The van der Waals surface area contributed by atoms with Crippen molar-refractivity contribution in [2.75, 3.05) is 13.7 Å². The van der Waals surface area contributed by atoms with E-state index in [0.29, 0.717) is 6.42 Å². The summed E-state index contributed by atoms with van der Waals surface area (Å²) in [6, 6.07) is 7.79. The first-order valence-electron chi connectivity index (χ1n) is 5.52. The highest BCUT2D eigenvalue weighted by atomic mass is 16.5. The normalized spacial score (nSPS) is 10.5. The topological polar surface area (TPSA) is 47.3 Å². The number of imidazole rings is 1. The number of ether oxygens (including phenoxy) is 1. The molecule has 0 bridgehead atoms. The molecule has 0 atom stereocenters. The molecule has 4 heteroatoms. The summed E-state index contributed by atoms with van der Waals surface area (Å²) in [6.07, 6.45) is 2.52. The number of hydrogen-bond donors (Lipinski definition) is 1. The largest absolute Gasteiger partial charge is 0.497 e. The molecular weight excluding hydrogens is 216 g/mol. The van der Waals surface area contributed by atoms with Crippen molar-refractivity contribution in [3.8, 4) is 17.1 Å². The van der Waals surface area contributed by atoms with Crippen molar-refractivity contribution in [3.05, 3.63) is 36.2 Å². The first-order chi connectivity index (χ1) is 8.24. The van der Waals surface area contributed by atoms with Crippen molar-refractivity contribution in [2.45, 2.75) is 6.42 Å². The van der Waals surface area contributed by atoms with E-state index in [0.717, 1.165) is 22.8 Å². The lowest BCUT2D eigenvalue weighted by molar-refractivity contribution is 0.298. The zero-order valence-electron chi connectivity index (χ0n) is 10.1. The van der Waals surface area contributed by atoms with Crippen LogP contribution in [0.2, 0.25) is 0 Å². The van der Waals surface area contributed by atoms with Crippen LogP contribution < -0.4 is 4.74 Å². The van der Waals surface area contributed by atoms with Crippen LogP contribution in [0.1, 0.15) is 5.69 Å². The van der Waals surface area contributed by atoms with Crippen molar-refractivity contribution in [2.24, 2.45) is 7.05 Å². The Morgan fingerprint density at radius 3 is 2.94 bits per heavy atom. The maximum absolute atomic E-state index is 8.90. The van der Waals surface area contributed by atoms with E-state index in [1.54, 1.807) is 7.11 Å². The van der Waals surface area contributed by atoms with E-state index < -0.39 is 0 Å². The molecule has 0 spiro atoms. The fraction of sp³-hybridized carbons (Fsp3) is 0.308. The van der Waals surface area contributed by atoms with Gasteiger partial charge in [-0.25, -0.2) is 4.98 Å². The molecule has 1 aromatic carbocycles. The molecule has 0 aliphatic heterocycles. The van der Waals surface area contributed by atoms with Crippen molar-refractivity contribution < 1.29 is 9.84 Å². The van der Waals surface area contributed by atoms with Gasteiger partial charge in [-0.3, -0.25) is 0 Å². The van der Waals surface area contributed by atoms with Crippen LogP contribution in [0.3, 0.4) is 0 Å². The Morgan fingerprint density at radius 1 is 1.41 bits per heavy atom. The predicted octanol–water partition coefficient (Wildman–Crippen LogP) is 1.63. The van der Waals surface area contributed by atoms with Gasteiger partial charge in [0.25, 0.3) is 0 Å². The number of benzene rings is 1. The summed E-state index contributed by atoms with van der Waals surface area (Å²) < 4.78 is 7.15. The van der Waals surface area contributed by atoms with E-state index in [4.69, 9.17) is 9.84 Å². The highest BCUT2D eigenvalue weighted by molar-refractivity contribution is 5.58. The van der Waals surface area contributed by atoms with Crippen LogP contribution in [0.25, 0.3) is 11.4 Å². The van der Waals surface area contributed by atoms with Crippen molar-refractivity contribution in [1.82, 2.24) is 9.55 Å². The second-order valence-corrected chi connectivity index (χ2v) is 3.87. The first kappa shape index (κ1) is 11.7. The SMILES string of the molecule is COc1cccc(-c2nc(CCO)cn2C)c1. The average Bonchev–Trinajstić information content (AvgIpc) is 2.71. The molecule has 1 heterocycles. The monoisotopic (exact) mass is 232 g/mol. The number of aliphatic hydroxyl groups excluding tert-OH is 1. The van der Waals surface area contributed by atoms with Gasteiger partial charge in [0.15, 0.2) is 0 Å². The van der Waals surface area contributed by atoms with Gasteiger partial charge in [0.1, 0.15) is 11.6 Å². The average molecular weight is 232 g/mol. The molecule has 1 N–H and O–H groups in total. The summed E-state index contributed by atoms with van der Waals surface area (Å²) >= 11 is 0. The molecule has 0 aliphatic rings. The van der Waals surface area contributed by atoms with Gasteiger partial charge in [0, 0.05) is 31.8 Å². The van der Waals surface area contributed by atoms with E-state index in [2.05, 4.69) is 4.98 Å². The maximum Gasteiger partial charge on any atom is 0.140 e. The molecule has 0 saturated carbocycles. The second-order valence-electron chi connectivity index (χ2n) is 3.87. The van der Waals surface area contributed by atoms with E-state index in [1.165, 1.54) is 0 Å². The molecule has 0 aliphatic carbocycles. The molecule has 4 nitrogen and oxygen atoms in total. The Balaban J connectivity index is 2.37. The van der Waals surface area contributed by atoms with Gasteiger partial charge in [-0.05, 0) is 12.1 Å². The van der Waals surface area contributed by atoms with E-state index in [9.17, 15) is 0 Å². The molecule has 0 fully saturated rings. The Kier molecular flexibility index (Phi) is 3.44. The van der Waals surface area contributed by atoms with Crippen molar-refractivity contribution >= 4 is 0 Å². The van der Waals surface area contributed by atoms with Crippen LogP contribution in [0.4, 0.5) is 0 Å². The molecule has 2 aromatic rings. The quantitative estimate of drug-likeness (QED) is 0.871. The Hall–Kier alpha value is -1.81. The molecule has 90 valence electrons. The van der Waals surface area contributed by atoms with Gasteiger partial charge in [-0.15, -0.1) is 0 Å². The molecule has 0 saturated heterocycles. The molecule has 2 rings (SSSR count). The number of methoxy groups -OCH3 is 1. The lowest BCUT2D eigenvalue weighted by atomic mass is 10.2. The van der Waals surface area contributed by atoms with E-state index in [1.807, 2.05) is 42.1 Å². The molecule has 0 amide bonds.